The van der Waals surface area contributed by atoms with E-state index in [1.165, 1.54) is 6.07 Å². The minimum Gasteiger partial charge on any atom is -0.506 e. The molecule has 6 heteroatoms. The van der Waals surface area contributed by atoms with Crippen molar-refractivity contribution in [3.63, 3.8) is 0 Å². The largest absolute Gasteiger partial charge is 0.506 e. The van der Waals surface area contributed by atoms with Crippen molar-refractivity contribution in [3.05, 3.63) is 71.1 Å². The normalized spacial score (nSPS) is 10.5. The van der Waals surface area contributed by atoms with Crippen molar-refractivity contribution in [1.29, 1.82) is 0 Å². The molecule has 3 aromatic rings. The molecule has 134 valence electrons. The Morgan fingerprint density at radius 1 is 1.15 bits per heavy atom. The maximum Gasteiger partial charge on any atom is 0.228 e. The lowest BCUT2D eigenvalue weighted by molar-refractivity contribution is -0.115. The van der Waals surface area contributed by atoms with Crippen LogP contribution in [0.3, 0.4) is 0 Å². The van der Waals surface area contributed by atoms with Gasteiger partial charge >= 0.3 is 0 Å². The molecule has 2 N–H and O–H groups in total. The Labute approximate surface area is 151 Å². The quantitative estimate of drug-likeness (QED) is 0.660. The van der Waals surface area contributed by atoms with Crippen LogP contribution >= 0.6 is 0 Å². The molecule has 0 spiro atoms. The van der Waals surface area contributed by atoms with Crippen LogP contribution in [0.5, 0.6) is 11.5 Å². The van der Waals surface area contributed by atoms with Gasteiger partial charge in [-0.3, -0.25) is 4.79 Å². The fourth-order valence-corrected chi connectivity index (χ4v) is 2.53. The predicted octanol–water partition coefficient (Wildman–Crippen LogP) is 3.76. The number of rotatable bonds is 6. The van der Waals surface area contributed by atoms with E-state index in [1.807, 2.05) is 38.1 Å². The molecule has 0 bridgehead atoms. The van der Waals surface area contributed by atoms with Gasteiger partial charge in [0, 0.05) is 0 Å². The second-order valence-corrected chi connectivity index (χ2v) is 5.98. The lowest BCUT2D eigenvalue weighted by atomic mass is 10.1. The average Bonchev–Trinajstić information content (AvgIpc) is 2.94. The Morgan fingerprint density at radius 3 is 2.54 bits per heavy atom. The molecule has 1 amide bonds. The number of benzene rings is 2. The smallest absolute Gasteiger partial charge is 0.228 e. The van der Waals surface area contributed by atoms with E-state index in [-0.39, 0.29) is 18.1 Å². The molecule has 0 fully saturated rings. The van der Waals surface area contributed by atoms with Crippen LogP contribution in [0, 0.1) is 13.8 Å². The zero-order chi connectivity index (χ0) is 18.5. The van der Waals surface area contributed by atoms with E-state index in [0.717, 1.165) is 22.6 Å². The average molecular weight is 352 g/mol. The highest BCUT2D eigenvalue weighted by molar-refractivity contribution is 5.93. The number of aromatic hydroxyl groups is 1. The number of aromatic nitrogens is 1. The van der Waals surface area contributed by atoms with Gasteiger partial charge in [-0.25, -0.2) is 0 Å². The SMILES string of the molecule is Cc1noc(C)c1COc1ccc(CC(=O)Nc2ccccc2O)cc1. The number of carbonyl (C=O) groups excluding carboxylic acids is 1. The number of phenols is 1. The molecule has 0 aliphatic rings. The second-order valence-electron chi connectivity index (χ2n) is 5.98. The van der Waals surface area contributed by atoms with Crippen molar-refractivity contribution < 1.29 is 19.2 Å². The van der Waals surface area contributed by atoms with Gasteiger partial charge in [-0.2, -0.15) is 0 Å². The van der Waals surface area contributed by atoms with Crippen molar-refractivity contribution in [2.24, 2.45) is 0 Å². The summed E-state index contributed by atoms with van der Waals surface area (Å²) in [6.07, 6.45) is 0.207. The minimum atomic E-state index is -0.198. The number of phenolic OH excluding ortho intramolecular Hbond substituents is 1. The number of amides is 1. The van der Waals surface area contributed by atoms with Gasteiger partial charge in [0.15, 0.2) is 0 Å². The van der Waals surface area contributed by atoms with E-state index in [1.54, 1.807) is 18.2 Å². The number of aryl methyl sites for hydroxylation is 2. The summed E-state index contributed by atoms with van der Waals surface area (Å²) in [6, 6.07) is 14.0. The standard InChI is InChI=1S/C20H20N2O4/c1-13-17(14(2)26-22-13)12-25-16-9-7-15(8-10-16)11-20(24)21-18-5-3-4-6-19(18)23/h3-10,23H,11-12H2,1-2H3,(H,21,24). The zero-order valence-corrected chi connectivity index (χ0v) is 14.7. The third kappa shape index (κ3) is 4.22. The Morgan fingerprint density at radius 2 is 1.88 bits per heavy atom. The van der Waals surface area contributed by atoms with Crippen LogP contribution in [0.1, 0.15) is 22.6 Å². The zero-order valence-electron chi connectivity index (χ0n) is 14.7. The van der Waals surface area contributed by atoms with Crippen molar-refractivity contribution in [2.75, 3.05) is 5.32 Å². The van der Waals surface area contributed by atoms with Gasteiger partial charge in [-0.05, 0) is 43.7 Å². The number of hydrogen-bond donors (Lipinski definition) is 2. The van der Waals surface area contributed by atoms with Gasteiger partial charge in [0.1, 0.15) is 23.9 Å². The molecule has 3 rings (SSSR count). The number of anilines is 1. The first kappa shape index (κ1) is 17.5. The van der Waals surface area contributed by atoms with Crippen molar-refractivity contribution in [2.45, 2.75) is 26.9 Å². The van der Waals surface area contributed by atoms with Gasteiger partial charge in [0.05, 0.1) is 23.4 Å². The molecule has 0 saturated heterocycles. The van der Waals surface area contributed by atoms with E-state index in [9.17, 15) is 9.90 Å². The van der Waals surface area contributed by atoms with Crippen LogP contribution in [0.2, 0.25) is 0 Å². The fraction of sp³-hybridized carbons (Fsp3) is 0.200. The first-order valence-electron chi connectivity index (χ1n) is 8.24. The highest BCUT2D eigenvalue weighted by Crippen LogP contribution is 2.22. The minimum absolute atomic E-state index is 0.0453. The lowest BCUT2D eigenvalue weighted by Gasteiger charge is -2.08. The van der Waals surface area contributed by atoms with Crippen LogP contribution in [-0.2, 0) is 17.8 Å². The van der Waals surface area contributed by atoms with Crippen LogP contribution in [-0.4, -0.2) is 16.2 Å². The summed E-state index contributed by atoms with van der Waals surface area (Å²) < 4.78 is 10.9. The summed E-state index contributed by atoms with van der Waals surface area (Å²) in [5.74, 6) is 1.30. The molecule has 0 aliphatic carbocycles. The Kier molecular flexibility index (Phi) is 5.22. The summed E-state index contributed by atoms with van der Waals surface area (Å²) in [6.45, 7) is 4.11. The number of nitrogens with zero attached hydrogens (tertiary/aromatic N) is 1. The van der Waals surface area contributed by atoms with Crippen LogP contribution in [0.15, 0.2) is 53.1 Å². The molecular formula is C20H20N2O4. The highest BCUT2D eigenvalue weighted by atomic mass is 16.5. The van der Waals surface area contributed by atoms with Crippen molar-refractivity contribution in [3.8, 4) is 11.5 Å². The van der Waals surface area contributed by atoms with E-state index in [0.29, 0.717) is 18.0 Å². The van der Waals surface area contributed by atoms with Gasteiger partial charge < -0.3 is 19.7 Å². The van der Waals surface area contributed by atoms with E-state index < -0.39 is 0 Å². The molecule has 1 heterocycles. The molecule has 0 unspecified atom stereocenters. The summed E-state index contributed by atoms with van der Waals surface area (Å²) in [5.41, 5.74) is 3.01. The summed E-state index contributed by atoms with van der Waals surface area (Å²) >= 11 is 0. The molecule has 26 heavy (non-hydrogen) atoms. The maximum absolute atomic E-state index is 12.1. The fourth-order valence-electron chi connectivity index (χ4n) is 2.53. The number of hydrogen-bond acceptors (Lipinski definition) is 5. The third-order valence-corrected chi connectivity index (χ3v) is 4.03. The van der Waals surface area contributed by atoms with Gasteiger partial charge in [0.2, 0.25) is 5.91 Å². The first-order chi connectivity index (χ1) is 12.5. The maximum atomic E-state index is 12.1. The number of ether oxygens (including phenoxy) is 1. The Hall–Kier alpha value is -3.28. The van der Waals surface area contributed by atoms with E-state index in [2.05, 4.69) is 10.5 Å². The lowest BCUT2D eigenvalue weighted by Crippen LogP contribution is -2.14. The predicted molar refractivity (Wildman–Crippen MR) is 97.2 cm³/mol. The monoisotopic (exact) mass is 352 g/mol. The number of para-hydroxylation sites is 2. The Balaban J connectivity index is 1.56. The number of nitrogens with one attached hydrogen (secondary N) is 1. The van der Waals surface area contributed by atoms with Crippen LogP contribution in [0.25, 0.3) is 0 Å². The Bertz CT molecular complexity index is 881. The van der Waals surface area contributed by atoms with Crippen LogP contribution < -0.4 is 10.1 Å². The van der Waals surface area contributed by atoms with E-state index in [4.69, 9.17) is 9.26 Å². The molecule has 0 radical (unpaired) electrons. The first-order valence-corrected chi connectivity index (χ1v) is 8.24. The van der Waals surface area contributed by atoms with Crippen molar-refractivity contribution >= 4 is 11.6 Å². The topological polar surface area (TPSA) is 84.6 Å². The van der Waals surface area contributed by atoms with E-state index >= 15 is 0 Å². The molecular weight excluding hydrogens is 332 g/mol. The molecule has 6 nitrogen and oxygen atoms in total. The summed E-state index contributed by atoms with van der Waals surface area (Å²) in [4.78, 5) is 12.1. The van der Waals surface area contributed by atoms with Crippen molar-refractivity contribution in [1.82, 2.24) is 5.16 Å². The van der Waals surface area contributed by atoms with Gasteiger partial charge in [-0.15, -0.1) is 0 Å². The summed E-state index contributed by atoms with van der Waals surface area (Å²) in [7, 11) is 0. The van der Waals surface area contributed by atoms with Gasteiger partial charge in [0.25, 0.3) is 0 Å². The summed E-state index contributed by atoms with van der Waals surface area (Å²) in [5, 5.41) is 16.3. The molecule has 2 aromatic carbocycles. The molecule has 0 atom stereocenters. The highest BCUT2D eigenvalue weighted by Gasteiger charge is 2.10. The molecule has 0 aliphatic heterocycles. The number of carbonyl (C=O) groups is 1. The third-order valence-electron chi connectivity index (χ3n) is 4.03. The van der Waals surface area contributed by atoms with Gasteiger partial charge in [-0.1, -0.05) is 29.4 Å². The molecule has 0 saturated carbocycles. The molecule has 1 aromatic heterocycles. The van der Waals surface area contributed by atoms with Crippen LogP contribution in [0.4, 0.5) is 5.69 Å². The second kappa shape index (κ2) is 7.74.